The minimum absolute atomic E-state index is 0.0271. The number of carbonyl (C=O) groups is 3. The number of nitrogens with one attached hydrogen (secondary N) is 1. The lowest BCUT2D eigenvalue weighted by molar-refractivity contribution is -0.149. The number of carboxylic acids is 1. The number of likely N-dealkylation sites (tertiary alicyclic amines) is 1. The number of fused-ring (bicyclic) bond motifs is 3. The molecule has 1 saturated carbocycles. The molecule has 8 heteroatoms. The van der Waals surface area contributed by atoms with Gasteiger partial charge in [-0.05, 0) is 41.5 Å². The van der Waals surface area contributed by atoms with Crippen molar-refractivity contribution >= 4 is 18.0 Å². The minimum Gasteiger partial charge on any atom is -0.481 e. The number of alkyl carbamates (subject to hydrolysis) is 1. The van der Waals surface area contributed by atoms with Gasteiger partial charge in [0.15, 0.2) is 0 Å². The molecule has 33 heavy (non-hydrogen) atoms. The molecule has 8 nitrogen and oxygen atoms in total. The fraction of sp³-hybridized carbons (Fsp3) is 0.400. The molecule has 1 aliphatic heterocycles. The Hall–Kier alpha value is -3.39. The maximum Gasteiger partial charge on any atom is 0.408 e. The standard InChI is InChI=1S/C25H26N2O6/c28-16-11-15(22(29)30)12-27(13-16)23(31)25(9-10-25)26-24(32)33-14-21-19-7-3-1-5-17(19)18-6-2-4-8-20(18)21/h1-8,15-16,21,28H,9-14H2,(H,26,32)(H,29,30). The van der Waals surface area contributed by atoms with Crippen molar-refractivity contribution in [2.75, 3.05) is 19.7 Å². The number of carbonyl (C=O) groups excluding carboxylic acids is 2. The van der Waals surface area contributed by atoms with Crippen LogP contribution in [-0.2, 0) is 14.3 Å². The first-order valence-electron chi connectivity index (χ1n) is 11.2. The van der Waals surface area contributed by atoms with E-state index in [1.165, 1.54) is 4.90 Å². The minimum atomic E-state index is -1.08. The molecule has 2 atom stereocenters. The van der Waals surface area contributed by atoms with Crippen LogP contribution in [-0.4, -0.2) is 64.4 Å². The zero-order valence-electron chi connectivity index (χ0n) is 18.1. The lowest BCUT2D eigenvalue weighted by Crippen LogP contribution is -2.56. The molecular weight excluding hydrogens is 424 g/mol. The molecule has 0 radical (unpaired) electrons. The van der Waals surface area contributed by atoms with Crippen LogP contribution in [0.2, 0.25) is 0 Å². The molecule has 2 aliphatic carbocycles. The molecule has 0 aromatic heterocycles. The summed E-state index contributed by atoms with van der Waals surface area (Å²) < 4.78 is 5.57. The van der Waals surface area contributed by atoms with E-state index in [0.29, 0.717) is 12.8 Å². The largest absolute Gasteiger partial charge is 0.481 e. The lowest BCUT2D eigenvalue weighted by atomic mass is 9.95. The van der Waals surface area contributed by atoms with E-state index in [1.807, 2.05) is 36.4 Å². The van der Waals surface area contributed by atoms with E-state index in [0.717, 1.165) is 22.3 Å². The van der Waals surface area contributed by atoms with Crippen LogP contribution in [0.3, 0.4) is 0 Å². The number of rotatable bonds is 5. The first-order chi connectivity index (χ1) is 15.9. The smallest absolute Gasteiger partial charge is 0.408 e. The Morgan fingerprint density at radius 3 is 2.18 bits per heavy atom. The number of carboxylic acid groups (broad SMARTS) is 1. The van der Waals surface area contributed by atoms with Crippen LogP contribution >= 0.6 is 0 Å². The SMILES string of the molecule is O=C(NC1(C(=O)N2CC(O)CC(C(=O)O)C2)CC1)OCC1c2ccccc2-c2ccccc21. The number of benzene rings is 2. The number of aliphatic hydroxyl groups is 1. The summed E-state index contributed by atoms with van der Waals surface area (Å²) in [5, 5.41) is 22.0. The molecular formula is C25H26N2O6. The predicted octanol–water partition coefficient (Wildman–Crippen LogP) is 2.35. The second-order valence-electron chi connectivity index (χ2n) is 9.17. The van der Waals surface area contributed by atoms with E-state index < -0.39 is 29.6 Å². The first kappa shape index (κ1) is 21.5. The maximum atomic E-state index is 13.1. The van der Waals surface area contributed by atoms with Crippen LogP contribution in [0, 0.1) is 5.92 Å². The summed E-state index contributed by atoms with van der Waals surface area (Å²) in [6.07, 6.45) is -0.531. The number of aliphatic hydroxyl groups excluding tert-OH is 1. The Morgan fingerprint density at radius 2 is 1.61 bits per heavy atom. The summed E-state index contributed by atoms with van der Waals surface area (Å²) in [5.74, 6) is -2.30. The number of hydrogen-bond donors (Lipinski definition) is 3. The maximum absolute atomic E-state index is 13.1. The van der Waals surface area contributed by atoms with Crippen molar-refractivity contribution in [2.45, 2.75) is 36.8 Å². The number of amides is 2. The zero-order chi connectivity index (χ0) is 23.2. The highest BCUT2D eigenvalue weighted by atomic mass is 16.5. The summed E-state index contributed by atoms with van der Waals surface area (Å²) in [4.78, 5) is 38.4. The second-order valence-corrected chi connectivity index (χ2v) is 9.17. The highest BCUT2D eigenvalue weighted by Gasteiger charge is 2.54. The Labute approximate surface area is 191 Å². The van der Waals surface area contributed by atoms with Gasteiger partial charge in [-0.25, -0.2) is 4.79 Å². The number of nitrogens with zero attached hydrogens (tertiary/aromatic N) is 1. The van der Waals surface area contributed by atoms with Gasteiger partial charge in [-0.15, -0.1) is 0 Å². The quantitative estimate of drug-likeness (QED) is 0.644. The van der Waals surface area contributed by atoms with Crippen LogP contribution in [0.25, 0.3) is 11.1 Å². The molecule has 2 fully saturated rings. The number of hydrogen-bond acceptors (Lipinski definition) is 5. The molecule has 1 heterocycles. The molecule has 2 aromatic rings. The third-order valence-electron chi connectivity index (χ3n) is 6.91. The summed E-state index contributed by atoms with van der Waals surface area (Å²) in [7, 11) is 0. The summed E-state index contributed by atoms with van der Waals surface area (Å²) in [5.41, 5.74) is 3.39. The van der Waals surface area contributed by atoms with Crippen molar-refractivity contribution in [3.05, 3.63) is 59.7 Å². The van der Waals surface area contributed by atoms with Gasteiger partial charge in [0.25, 0.3) is 0 Å². The fourth-order valence-corrected chi connectivity index (χ4v) is 5.07. The number of ether oxygens (including phenoxy) is 1. The van der Waals surface area contributed by atoms with Gasteiger partial charge in [0.2, 0.25) is 5.91 Å². The van der Waals surface area contributed by atoms with Gasteiger partial charge in [0.05, 0.1) is 12.0 Å². The normalized spacial score (nSPS) is 22.8. The van der Waals surface area contributed by atoms with Crippen LogP contribution in [0.1, 0.15) is 36.3 Å². The average Bonchev–Trinajstić information content (AvgIpc) is 3.52. The molecule has 3 N–H and O–H groups in total. The van der Waals surface area contributed by atoms with E-state index >= 15 is 0 Å². The van der Waals surface area contributed by atoms with E-state index in [9.17, 15) is 24.6 Å². The summed E-state index contributed by atoms with van der Waals surface area (Å²) in [6.45, 7) is 0.240. The zero-order valence-corrected chi connectivity index (χ0v) is 18.1. The summed E-state index contributed by atoms with van der Waals surface area (Å²) in [6, 6.07) is 16.1. The van der Waals surface area contributed by atoms with E-state index in [2.05, 4.69) is 17.4 Å². The molecule has 3 aliphatic rings. The van der Waals surface area contributed by atoms with Crippen molar-refractivity contribution in [3.63, 3.8) is 0 Å². The highest BCUT2D eigenvalue weighted by molar-refractivity contribution is 5.93. The second kappa shape index (κ2) is 8.19. The Balaban J connectivity index is 1.24. The van der Waals surface area contributed by atoms with Crippen molar-refractivity contribution in [2.24, 2.45) is 5.92 Å². The van der Waals surface area contributed by atoms with E-state index in [-0.39, 0.29) is 37.9 Å². The average molecular weight is 450 g/mol. The topological polar surface area (TPSA) is 116 Å². The van der Waals surface area contributed by atoms with Gasteiger partial charge in [-0.3, -0.25) is 9.59 Å². The molecule has 2 amide bonds. The van der Waals surface area contributed by atoms with Crippen molar-refractivity contribution in [1.29, 1.82) is 0 Å². The lowest BCUT2D eigenvalue weighted by Gasteiger charge is -2.36. The Kier molecular flexibility index (Phi) is 5.32. The van der Waals surface area contributed by atoms with E-state index in [1.54, 1.807) is 0 Å². The predicted molar refractivity (Wildman–Crippen MR) is 118 cm³/mol. The van der Waals surface area contributed by atoms with Crippen molar-refractivity contribution in [3.8, 4) is 11.1 Å². The monoisotopic (exact) mass is 450 g/mol. The van der Waals surface area contributed by atoms with Gasteiger partial charge in [-0.2, -0.15) is 0 Å². The highest BCUT2D eigenvalue weighted by Crippen LogP contribution is 2.44. The number of β-amino-alcohol motifs (C(OH)–C–C–N with tert-alkyl or cyclic N) is 1. The van der Waals surface area contributed by atoms with Gasteiger partial charge < -0.3 is 25.2 Å². The third kappa shape index (κ3) is 3.95. The van der Waals surface area contributed by atoms with Gasteiger partial charge >= 0.3 is 12.1 Å². The van der Waals surface area contributed by atoms with Gasteiger partial charge in [-0.1, -0.05) is 48.5 Å². The van der Waals surface area contributed by atoms with Gasteiger partial charge in [0.1, 0.15) is 12.1 Å². The molecule has 172 valence electrons. The van der Waals surface area contributed by atoms with Crippen LogP contribution in [0.4, 0.5) is 4.79 Å². The Bertz CT molecular complexity index is 1070. The molecule has 0 spiro atoms. The fourth-order valence-electron chi connectivity index (χ4n) is 5.07. The van der Waals surface area contributed by atoms with Crippen molar-refractivity contribution < 1.29 is 29.3 Å². The van der Waals surface area contributed by atoms with Crippen LogP contribution < -0.4 is 5.32 Å². The number of piperidine rings is 1. The Morgan fingerprint density at radius 1 is 1.00 bits per heavy atom. The first-order valence-corrected chi connectivity index (χ1v) is 11.2. The molecule has 1 saturated heterocycles. The molecule has 0 bridgehead atoms. The third-order valence-corrected chi connectivity index (χ3v) is 6.91. The van der Waals surface area contributed by atoms with Gasteiger partial charge in [0, 0.05) is 19.0 Å². The molecule has 2 unspecified atom stereocenters. The molecule has 2 aromatic carbocycles. The molecule has 5 rings (SSSR count). The van der Waals surface area contributed by atoms with Crippen LogP contribution in [0.5, 0.6) is 0 Å². The van der Waals surface area contributed by atoms with Crippen molar-refractivity contribution in [1.82, 2.24) is 10.2 Å². The summed E-state index contributed by atoms with van der Waals surface area (Å²) >= 11 is 0. The number of aliphatic carboxylic acids is 1. The van der Waals surface area contributed by atoms with E-state index in [4.69, 9.17) is 4.74 Å². The van der Waals surface area contributed by atoms with Crippen LogP contribution in [0.15, 0.2) is 48.5 Å².